The first-order chi connectivity index (χ1) is 10.7. The van der Waals surface area contributed by atoms with Crippen molar-refractivity contribution in [1.82, 2.24) is 10.6 Å². The highest BCUT2D eigenvalue weighted by atomic mass is 16.5. The molecule has 3 rings (SSSR count). The van der Waals surface area contributed by atoms with Crippen molar-refractivity contribution in [3.63, 3.8) is 0 Å². The number of ether oxygens (including phenoxy) is 1. The van der Waals surface area contributed by atoms with E-state index in [1.165, 1.54) is 6.42 Å². The Kier molecular flexibility index (Phi) is 4.29. The van der Waals surface area contributed by atoms with Crippen LogP contribution in [0.25, 0.3) is 0 Å². The summed E-state index contributed by atoms with van der Waals surface area (Å²) in [6.07, 6.45) is 4.11. The minimum Gasteiger partial charge on any atom is -0.373 e. The van der Waals surface area contributed by atoms with Gasteiger partial charge in [0.1, 0.15) is 0 Å². The third kappa shape index (κ3) is 3.22. The van der Waals surface area contributed by atoms with Gasteiger partial charge in [0.25, 0.3) is 0 Å². The lowest BCUT2D eigenvalue weighted by atomic mass is 9.96. The quantitative estimate of drug-likeness (QED) is 0.566. The number of hydrogen-bond donors (Lipinski definition) is 3. The zero-order chi connectivity index (χ0) is 15.5. The first kappa shape index (κ1) is 14.8. The molecule has 1 aromatic carbocycles. The number of amides is 1. The van der Waals surface area contributed by atoms with Crippen LogP contribution in [-0.2, 0) is 11.3 Å². The predicted octanol–water partition coefficient (Wildman–Crippen LogP) is 0.770. The standard InChI is InChI=1S/C16H22N4O2/c1-18-16(20-13-8-12-6-7-14(13)22-12)19-9-10-2-4-11(5-3-10)15(17)21/h2-5,12-14H,6-9H2,1H3,(H2,17,21)(H2,18,19,20). The van der Waals surface area contributed by atoms with E-state index in [0.29, 0.717) is 30.4 Å². The van der Waals surface area contributed by atoms with Gasteiger partial charge in [0.15, 0.2) is 5.96 Å². The van der Waals surface area contributed by atoms with Crippen molar-refractivity contribution in [3.8, 4) is 0 Å². The number of benzene rings is 1. The van der Waals surface area contributed by atoms with Crippen LogP contribution in [-0.4, -0.2) is 37.2 Å². The van der Waals surface area contributed by atoms with Crippen molar-refractivity contribution in [2.24, 2.45) is 10.7 Å². The van der Waals surface area contributed by atoms with Crippen molar-refractivity contribution in [2.75, 3.05) is 7.05 Å². The second-order valence-electron chi connectivity index (χ2n) is 5.85. The first-order valence-electron chi connectivity index (χ1n) is 7.67. The van der Waals surface area contributed by atoms with Crippen molar-refractivity contribution in [2.45, 2.75) is 44.1 Å². The van der Waals surface area contributed by atoms with E-state index in [9.17, 15) is 4.79 Å². The molecule has 2 saturated heterocycles. The summed E-state index contributed by atoms with van der Waals surface area (Å²) in [5.74, 6) is 0.369. The van der Waals surface area contributed by atoms with Gasteiger partial charge in [-0.25, -0.2) is 0 Å². The molecular weight excluding hydrogens is 280 g/mol. The highest BCUT2D eigenvalue weighted by molar-refractivity contribution is 5.92. The Labute approximate surface area is 130 Å². The van der Waals surface area contributed by atoms with Gasteiger partial charge >= 0.3 is 0 Å². The zero-order valence-corrected chi connectivity index (χ0v) is 12.7. The highest BCUT2D eigenvalue weighted by Gasteiger charge is 2.41. The summed E-state index contributed by atoms with van der Waals surface area (Å²) in [5.41, 5.74) is 6.82. The Morgan fingerprint density at radius 3 is 2.68 bits per heavy atom. The van der Waals surface area contributed by atoms with Crippen LogP contribution in [0.1, 0.15) is 35.2 Å². The van der Waals surface area contributed by atoms with Gasteiger partial charge in [-0.2, -0.15) is 0 Å². The molecule has 2 fully saturated rings. The number of nitrogens with two attached hydrogens (primary N) is 1. The summed E-state index contributed by atoms with van der Waals surface area (Å²) in [5, 5.41) is 6.72. The molecule has 4 N–H and O–H groups in total. The summed E-state index contributed by atoms with van der Waals surface area (Å²) in [7, 11) is 1.76. The normalized spacial score (nSPS) is 27.0. The van der Waals surface area contributed by atoms with Gasteiger partial charge in [0.05, 0.1) is 18.2 Å². The topological polar surface area (TPSA) is 88.7 Å². The van der Waals surface area contributed by atoms with Crippen LogP contribution in [0.3, 0.4) is 0 Å². The predicted molar refractivity (Wildman–Crippen MR) is 84.6 cm³/mol. The molecule has 2 aliphatic rings. The molecule has 0 saturated carbocycles. The number of primary amides is 1. The van der Waals surface area contributed by atoms with Crippen LogP contribution < -0.4 is 16.4 Å². The fourth-order valence-electron chi connectivity index (χ4n) is 3.13. The highest BCUT2D eigenvalue weighted by Crippen LogP contribution is 2.34. The molecule has 2 bridgehead atoms. The van der Waals surface area contributed by atoms with Gasteiger partial charge in [-0.15, -0.1) is 0 Å². The second kappa shape index (κ2) is 6.36. The smallest absolute Gasteiger partial charge is 0.248 e. The molecule has 1 amide bonds. The number of aliphatic imine (C=N–C) groups is 1. The summed E-state index contributed by atoms with van der Waals surface area (Å²) < 4.78 is 5.84. The molecule has 2 aliphatic heterocycles. The number of carbonyl (C=O) groups excluding carboxylic acids is 1. The van der Waals surface area contributed by atoms with Crippen LogP contribution in [0.4, 0.5) is 0 Å². The van der Waals surface area contributed by atoms with Crippen LogP contribution in [0.15, 0.2) is 29.3 Å². The first-order valence-corrected chi connectivity index (χ1v) is 7.67. The van der Waals surface area contributed by atoms with E-state index in [2.05, 4.69) is 15.6 Å². The van der Waals surface area contributed by atoms with E-state index >= 15 is 0 Å². The van der Waals surface area contributed by atoms with Gasteiger partial charge in [-0.05, 0) is 37.0 Å². The van der Waals surface area contributed by atoms with Crippen molar-refractivity contribution < 1.29 is 9.53 Å². The van der Waals surface area contributed by atoms with E-state index in [1.54, 1.807) is 19.2 Å². The minimum absolute atomic E-state index is 0.318. The Bertz CT molecular complexity index is 570. The van der Waals surface area contributed by atoms with Crippen molar-refractivity contribution in [3.05, 3.63) is 35.4 Å². The zero-order valence-electron chi connectivity index (χ0n) is 12.7. The van der Waals surface area contributed by atoms with E-state index in [-0.39, 0.29) is 0 Å². The number of carbonyl (C=O) groups is 1. The number of guanidine groups is 1. The maximum absolute atomic E-state index is 11.0. The van der Waals surface area contributed by atoms with E-state index in [0.717, 1.165) is 24.4 Å². The lowest BCUT2D eigenvalue weighted by Crippen LogP contribution is -2.47. The van der Waals surface area contributed by atoms with Crippen molar-refractivity contribution >= 4 is 11.9 Å². The largest absolute Gasteiger partial charge is 0.373 e. The molecule has 0 aromatic heterocycles. The lowest BCUT2D eigenvalue weighted by molar-refractivity contribution is 0.0991. The number of fused-ring (bicyclic) bond motifs is 2. The van der Waals surface area contributed by atoms with Crippen LogP contribution >= 0.6 is 0 Å². The van der Waals surface area contributed by atoms with Crippen LogP contribution in [0.2, 0.25) is 0 Å². The Hall–Kier alpha value is -2.08. The second-order valence-corrected chi connectivity index (χ2v) is 5.85. The third-order valence-corrected chi connectivity index (χ3v) is 4.35. The number of rotatable bonds is 4. The molecule has 3 unspecified atom stereocenters. The molecule has 6 nitrogen and oxygen atoms in total. The maximum Gasteiger partial charge on any atom is 0.248 e. The van der Waals surface area contributed by atoms with E-state index < -0.39 is 5.91 Å². The van der Waals surface area contributed by atoms with Crippen LogP contribution in [0, 0.1) is 0 Å². The number of hydrogen-bond acceptors (Lipinski definition) is 3. The summed E-state index contributed by atoms with van der Waals surface area (Å²) in [4.78, 5) is 15.3. The molecule has 22 heavy (non-hydrogen) atoms. The van der Waals surface area contributed by atoms with Gasteiger partial charge in [0.2, 0.25) is 5.91 Å². The molecule has 3 atom stereocenters. The summed E-state index contributed by atoms with van der Waals surface area (Å²) >= 11 is 0. The Morgan fingerprint density at radius 1 is 1.36 bits per heavy atom. The molecular formula is C16H22N4O2. The molecule has 2 heterocycles. The molecule has 0 aliphatic carbocycles. The van der Waals surface area contributed by atoms with Gasteiger partial charge in [-0.3, -0.25) is 9.79 Å². The monoisotopic (exact) mass is 302 g/mol. The molecule has 6 heteroatoms. The fourth-order valence-corrected chi connectivity index (χ4v) is 3.13. The molecule has 1 aromatic rings. The van der Waals surface area contributed by atoms with Gasteiger partial charge < -0.3 is 21.1 Å². The van der Waals surface area contributed by atoms with Gasteiger partial charge in [-0.1, -0.05) is 12.1 Å². The molecule has 0 radical (unpaired) electrons. The SMILES string of the molecule is CN=C(NCc1ccc(C(N)=O)cc1)NC1CC2CCC1O2. The average molecular weight is 302 g/mol. The maximum atomic E-state index is 11.0. The van der Waals surface area contributed by atoms with E-state index in [4.69, 9.17) is 10.5 Å². The lowest BCUT2D eigenvalue weighted by Gasteiger charge is -2.22. The fraction of sp³-hybridized carbons (Fsp3) is 0.500. The molecule has 118 valence electrons. The number of nitrogens with zero attached hydrogens (tertiary/aromatic N) is 1. The van der Waals surface area contributed by atoms with Gasteiger partial charge in [0, 0.05) is 19.2 Å². The summed E-state index contributed by atoms with van der Waals surface area (Å²) in [6.45, 7) is 0.639. The summed E-state index contributed by atoms with van der Waals surface area (Å²) in [6, 6.07) is 7.60. The Balaban J connectivity index is 1.52. The minimum atomic E-state index is -0.409. The van der Waals surface area contributed by atoms with E-state index in [1.807, 2.05) is 12.1 Å². The number of nitrogens with one attached hydrogen (secondary N) is 2. The molecule has 0 spiro atoms. The third-order valence-electron chi connectivity index (χ3n) is 4.35. The van der Waals surface area contributed by atoms with Crippen LogP contribution in [0.5, 0.6) is 0 Å². The van der Waals surface area contributed by atoms with Crippen molar-refractivity contribution in [1.29, 1.82) is 0 Å². The average Bonchev–Trinajstić information content (AvgIpc) is 3.14. The Morgan fingerprint density at radius 2 is 2.14 bits per heavy atom.